The minimum absolute atomic E-state index is 0.110. The Hall–Kier alpha value is -4.01. The van der Waals surface area contributed by atoms with E-state index in [2.05, 4.69) is 15.6 Å². The summed E-state index contributed by atoms with van der Waals surface area (Å²) in [5, 5.41) is 6.46. The maximum absolute atomic E-state index is 12.8. The van der Waals surface area contributed by atoms with Gasteiger partial charge in [0.25, 0.3) is 5.91 Å². The van der Waals surface area contributed by atoms with Crippen molar-refractivity contribution in [2.24, 2.45) is 0 Å². The number of rotatable bonds is 9. The molecule has 1 fully saturated rings. The molecule has 1 aromatic heterocycles. The lowest BCUT2D eigenvalue weighted by atomic mass is 10.1. The molecule has 1 aliphatic rings. The highest BCUT2D eigenvalue weighted by Crippen LogP contribution is 2.24. The van der Waals surface area contributed by atoms with E-state index >= 15 is 0 Å². The van der Waals surface area contributed by atoms with Crippen LogP contribution < -0.4 is 20.1 Å². The van der Waals surface area contributed by atoms with Crippen LogP contribution in [0.15, 0.2) is 48.7 Å². The van der Waals surface area contributed by atoms with E-state index in [4.69, 9.17) is 9.47 Å². The Kier molecular flexibility index (Phi) is 6.48. The standard InChI is InChI=1S/C24H26N4O5/c1-32-17-5-3-16(4-6-17)26-22(29)10-9-21-23(30)28(24(31)27-21)12-11-15-14-25-20-8-7-18(33-2)13-19(15)20/h3-8,13-14,21,25H,9-12H2,1-2H3,(H,26,29)(H,27,31). The number of amides is 4. The normalized spacial score (nSPS) is 15.6. The quantitative estimate of drug-likeness (QED) is 0.434. The number of carbonyl (C=O) groups is 3. The second-order valence-electron chi connectivity index (χ2n) is 7.78. The number of nitrogens with zero attached hydrogens (tertiary/aromatic N) is 1. The first-order chi connectivity index (χ1) is 16.0. The van der Waals surface area contributed by atoms with E-state index in [-0.39, 0.29) is 31.2 Å². The van der Waals surface area contributed by atoms with Crippen LogP contribution in [-0.4, -0.2) is 54.5 Å². The van der Waals surface area contributed by atoms with Crippen molar-refractivity contribution in [2.45, 2.75) is 25.3 Å². The van der Waals surface area contributed by atoms with E-state index in [0.29, 0.717) is 17.9 Å². The number of imide groups is 1. The Bertz CT molecular complexity index is 1170. The Morgan fingerprint density at radius 1 is 1.06 bits per heavy atom. The van der Waals surface area contributed by atoms with Crippen LogP contribution in [0.5, 0.6) is 11.5 Å². The van der Waals surface area contributed by atoms with Gasteiger partial charge in [0.2, 0.25) is 5.91 Å². The van der Waals surface area contributed by atoms with Gasteiger partial charge in [0.15, 0.2) is 0 Å². The lowest BCUT2D eigenvalue weighted by Gasteiger charge is -2.13. The van der Waals surface area contributed by atoms with Crippen LogP contribution in [0, 0.1) is 0 Å². The average molecular weight is 450 g/mol. The third-order valence-corrected chi connectivity index (χ3v) is 5.72. The van der Waals surface area contributed by atoms with E-state index in [9.17, 15) is 14.4 Å². The summed E-state index contributed by atoms with van der Waals surface area (Å²) in [6, 6.07) is 11.6. The van der Waals surface area contributed by atoms with Crippen LogP contribution in [0.1, 0.15) is 18.4 Å². The molecule has 0 bridgehead atoms. The fraction of sp³-hybridized carbons (Fsp3) is 0.292. The highest BCUT2D eigenvalue weighted by molar-refractivity contribution is 6.04. The van der Waals surface area contributed by atoms with Gasteiger partial charge in [0, 0.05) is 35.8 Å². The Morgan fingerprint density at radius 3 is 2.52 bits per heavy atom. The van der Waals surface area contributed by atoms with Crippen molar-refractivity contribution < 1.29 is 23.9 Å². The first-order valence-electron chi connectivity index (χ1n) is 10.7. The fourth-order valence-corrected chi connectivity index (χ4v) is 3.88. The molecule has 172 valence electrons. The molecule has 1 saturated heterocycles. The summed E-state index contributed by atoms with van der Waals surface area (Å²) in [5.41, 5.74) is 2.59. The van der Waals surface area contributed by atoms with Gasteiger partial charge in [0.1, 0.15) is 17.5 Å². The molecule has 33 heavy (non-hydrogen) atoms. The molecular weight excluding hydrogens is 424 g/mol. The van der Waals surface area contributed by atoms with Crippen molar-refractivity contribution in [1.29, 1.82) is 0 Å². The van der Waals surface area contributed by atoms with E-state index < -0.39 is 12.1 Å². The molecule has 1 aliphatic heterocycles. The third kappa shape index (κ3) is 4.92. The largest absolute Gasteiger partial charge is 0.497 e. The SMILES string of the molecule is COc1ccc(NC(=O)CCC2NC(=O)N(CCc3c[nH]c4ccc(OC)cc34)C2=O)cc1. The summed E-state index contributed by atoms with van der Waals surface area (Å²) >= 11 is 0. The van der Waals surface area contributed by atoms with Crippen molar-refractivity contribution in [3.8, 4) is 11.5 Å². The number of aromatic nitrogens is 1. The van der Waals surface area contributed by atoms with Gasteiger partial charge in [-0.05, 0) is 60.9 Å². The number of aromatic amines is 1. The molecule has 2 aromatic carbocycles. The molecule has 1 atom stereocenters. The summed E-state index contributed by atoms with van der Waals surface area (Å²) in [4.78, 5) is 41.8. The lowest BCUT2D eigenvalue weighted by Crippen LogP contribution is -2.33. The third-order valence-electron chi connectivity index (χ3n) is 5.72. The average Bonchev–Trinajstić information content (AvgIpc) is 3.35. The number of methoxy groups -OCH3 is 2. The van der Waals surface area contributed by atoms with E-state index in [1.165, 1.54) is 4.90 Å². The van der Waals surface area contributed by atoms with E-state index in [1.54, 1.807) is 38.5 Å². The molecule has 3 aromatic rings. The number of nitrogens with one attached hydrogen (secondary N) is 3. The maximum atomic E-state index is 12.8. The zero-order valence-corrected chi connectivity index (χ0v) is 18.5. The van der Waals surface area contributed by atoms with Crippen LogP contribution >= 0.6 is 0 Å². The minimum atomic E-state index is -0.706. The molecule has 0 saturated carbocycles. The van der Waals surface area contributed by atoms with Crippen molar-refractivity contribution >= 4 is 34.4 Å². The second-order valence-corrected chi connectivity index (χ2v) is 7.78. The molecule has 0 spiro atoms. The maximum Gasteiger partial charge on any atom is 0.324 e. The molecule has 0 aliphatic carbocycles. The highest BCUT2D eigenvalue weighted by Gasteiger charge is 2.37. The molecule has 2 heterocycles. The van der Waals surface area contributed by atoms with Gasteiger partial charge in [-0.15, -0.1) is 0 Å². The van der Waals surface area contributed by atoms with Crippen molar-refractivity contribution in [3.63, 3.8) is 0 Å². The van der Waals surface area contributed by atoms with Gasteiger partial charge >= 0.3 is 6.03 Å². The molecule has 3 N–H and O–H groups in total. The molecule has 9 heteroatoms. The second kappa shape index (κ2) is 9.64. The van der Waals surface area contributed by atoms with Gasteiger partial charge < -0.3 is 25.1 Å². The summed E-state index contributed by atoms with van der Waals surface area (Å²) in [6.45, 7) is 0.253. The Balaban J connectivity index is 1.30. The molecule has 4 amide bonds. The van der Waals surface area contributed by atoms with Crippen molar-refractivity contribution in [3.05, 3.63) is 54.2 Å². The summed E-state index contributed by atoms with van der Waals surface area (Å²) in [7, 11) is 3.18. The van der Waals surface area contributed by atoms with Crippen LogP contribution in [-0.2, 0) is 16.0 Å². The number of hydrogen-bond donors (Lipinski definition) is 3. The summed E-state index contributed by atoms with van der Waals surface area (Å²) < 4.78 is 10.4. The number of carbonyl (C=O) groups excluding carboxylic acids is 3. The van der Waals surface area contributed by atoms with Crippen molar-refractivity contribution in [2.75, 3.05) is 26.1 Å². The molecule has 1 unspecified atom stereocenters. The molecule has 4 rings (SSSR count). The van der Waals surface area contributed by atoms with Gasteiger partial charge in [-0.25, -0.2) is 4.79 Å². The van der Waals surface area contributed by atoms with Crippen LogP contribution in [0.3, 0.4) is 0 Å². The zero-order valence-electron chi connectivity index (χ0n) is 18.5. The topological polar surface area (TPSA) is 113 Å². The zero-order chi connectivity index (χ0) is 23.4. The molecule has 0 radical (unpaired) electrons. The summed E-state index contributed by atoms with van der Waals surface area (Å²) in [5.74, 6) is 0.897. The Morgan fingerprint density at radius 2 is 1.79 bits per heavy atom. The first kappa shape index (κ1) is 22.2. The van der Waals surface area contributed by atoms with Gasteiger partial charge in [-0.1, -0.05) is 0 Å². The fourth-order valence-electron chi connectivity index (χ4n) is 3.88. The monoisotopic (exact) mass is 450 g/mol. The summed E-state index contributed by atoms with van der Waals surface area (Å²) in [6.07, 6.45) is 2.73. The molecule has 9 nitrogen and oxygen atoms in total. The predicted molar refractivity (Wildman–Crippen MR) is 123 cm³/mol. The minimum Gasteiger partial charge on any atom is -0.497 e. The van der Waals surface area contributed by atoms with Crippen LogP contribution in [0.2, 0.25) is 0 Å². The number of ether oxygens (including phenoxy) is 2. The van der Waals surface area contributed by atoms with E-state index in [1.807, 2.05) is 24.4 Å². The first-order valence-corrected chi connectivity index (χ1v) is 10.7. The number of fused-ring (bicyclic) bond motifs is 1. The number of anilines is 1. The smallest absolute Gasteiger partial charge is 0.324 e. The van der Waals surface area contributed by atoms with Crippen LogP contribution in [0.25, 0.3) is 10.9 Å². The predicted octanol–water partition coefficient (Wildman–Crippen LogP) is 3.07. The number of hydrogen-bond acceptors (Lipinski definition) is 5. The number of benzene rings is 2. The van der Waals surface area contributed by atoms with Gasteiger partial charge in [0.05, 0.1) is 14.2 Å². The van der Waals surface area contributed by atoms with Crippen molar-refractivity contribution in [1.82, 2.24) is 15.2 Å². The highest BCUT2D eigenvalue weighted by atomic mass is 16.5. The van der Waals surface area contributed by atoms with Crippen LogP contribution in [0.4, 0.5) is 10.5 Å². The number of H-pyrrole nitrogens is 1. The van der Waals surface area contributed by atoms with Gasteiger partial charge in [-0.2, -0.15) is 0 Å². The Labute approximate surface area is 191 Å². The lowest BCUT2D eigenvalue weighted by molar-refractivity contribution is -0.127. The van der Waals surface area contributed by atoms with Gasteiger partial charge in [-0.3, -0.25) is 14.5 Å². The molecular formula is C24H26N4O5. The number of urea groups is 1. The van der Waals surface area contributed by atoms with E-state index in [0.717, 1.165) is 22.2 Å².